The molecular formula is C26H30N2O4. The molecule has 0 bridgehead atoms. The molecule has 0 saturated carbocycles. The van der Waals surface area contributed by atoms with Gasteiger partial charge in [-0.15, -0.1) is 0 Å². The van der Waals surface area contributed by atoms with Gasteiger partial charge in [0.2, 0.25) is 5.91 Å². The first kappa shape index (κ1) is 23.2. The van der Waals surface area contributed by atoms with Gasteiger partial charge in [-0.25, -0.2) is 0 Å². The van der Waals surface area contributed by atoms with E-state index >= 15 is 0 Å². The molecule has 0 heterocycles. The number of nitrogens with one attached hydrogen (secondary N) is 1. The maximum Gasteiger partial charge on any atom is 0.234 e. The van der Waals surface area contributed by atoms with Crippen molar-refractivity contribution in [3.8, 4) is 17.2 Å². The van der Waals surface area contributed by atoms with Crippen LogP contribution in [0.4, 0.5) is 0 Å². The Balaban J connectivity index is 1.72. The SMILES string of the molecule is COc1cc(OC)c(OC)cc1CNC(=O)CN(C)C(c1ccccc1)c1ccccc1. The van der Waals surface area contributed by atoms with Gasteiger partial charge in [0, 0.05) is 18.2 Å². The van der Waals surface area contributed by atoms with Crippen LogP contribution in [0.25, 0.3) is 0 Å². The highest BCUT2D eigenvalue weighted by Gasteiger charge is 2.21. The lowest BCUT2D eigenvalue weighted by Gasteiger charge is -2.28. The molecule has 0 unspecified atom stereocenters. The molecule has 0 aliphatic carbocycles. The molecule has 0 saturated heterocycles. The zero-order valence-electron chi connectivity index (χ0n) is 19.0. The van der Waals surface area contributed by atoms with Gasteiger partial charge in [0.1, 0.15) is 5.75 Å². The largest absolute Gasteiger partial charge is 0.496 e. The second-order valence-electron chi connectivity index (χ2n) is 7.43. The molecule has 32 heavy (non-hydrogen) atoms. The summed E-state index contributed by atoms with van der Waals surface area (Å²) >= 11 is 0. The summed E-state index contributed by atoms with van der Waals surface area (Å²) in [6.45, 7) is 0.557. The lowest BCUT2D eigenvalue weighted by molar-refractivity contribution is -0.122. The number of nitrogens with zero attached hydrogens (tertiary/aromatic N) is 1. The standard InChI is InChI=1S/C26H30N2O4/c1-28(26(19-11-7-5-8-12-19)20-13-9-6-10-14-20)18-25(29)27-17-21-15-23(31-3)24(32-4)16-22(21)30-2/h5-16,26H,17-18H2,1-4H3,(H,27,29). The molecule has 1 N–H and O–H groups in total. The Kier molecular flexibility index (Phi) is 8.11. The molecule has 168 valence electrons. The summed E-state index contributed by atoms with van der Waals surface area (Å²) in [5.74, 6) is 1.71. The van der Waals surface area contributed by atoms with E-state index in [9.17, 15) is 4.79 Å². The van der Waals surface area contributed by atoms with E-state index in [1.165, 1.54) is 0 Å². The molecule has 0 aliphatic heterocycles. The van der Waals surface area contributed by atoms with Crippen LogP contribution in [0.2, 0.25) is 0 Å². The molecule has 1 amide bonds. The van der Waals surface area contributed by atoms with Crippen molar-refractivity contribution < 1.29 is 19.0 Å². The fraction of sp³-hybridized carbons (Fsp3) is 0.269. The number of rotatable bonds is 10. The monoisotopic (exact) mass is 434 g/mol. The number of ether oxygens (including phenoxy) is 3. The van der Waals surface area contributed by atoms with E-state index in [1.807, 2.05) is 54.4 Å². The zero-order valence-corrected chi connectivity index (χ0v) is 19.0. The van der Waals surface area contributed by atoms with Crippen molar-refractivity contribution in [3.05, 3.63) is 89.5 Å². The van der Waals surface area contributed by atoms with Gasteiger partial charge in [-0.1, -0.05) is 60.7 Å². The molecule has 0 spiro atoms. The fourth-order valence-electron chi connectivity index (χ4n) is 3.77. The third-order valence-electron chi connectivity index (χ3n) is 5.33. The highest BCUT2D eigenvalue weighted by atomic mass is 16.5. The van der Waals surface area contributed by atoms with Crippen LogP contribution in [0.5, 0.6) is 17.2 Å². The Morgan fingerprint density at radius 3 is 1.81 bits per heavy atom. The summed E-state index contributed by atoms with van der Waals surface area (Å²) in [5.41, 5.74) is 3.08. The molecule has 3 rings (SSSR count). The number of methoxy groups -OCH3 is 3. The first-order valence-corrected chi connectivity index (χ1v) is 10.4. The van der Waals surface area contributed by atoms with Gasteiger partial charge in [-0.2, -0.15) is 0 Å². The molecule has 0 aliphatic rings. The minimum atomic E-state index is -0.0822. The number of carbonyl (C=O) groups excluding carboxylic acids is 1. The Morgan fingerprint density at radius 2 is 1.31 bits per heavy atom. The molecule has 0 atom stereocenters. The predicted octanol–water partition coefficient (Wildman–Crippen LogP) is 4.05. The first-order chi connectivity index (χ1) is 15.6. The van der Waals surface area contributed by atoms with Crippen molar-refractivity contribution in [1.82, 2.24) is 10.2 Å². The summed E-state index contributed by atoms with van der Waals surface area (Å²) in [6.07, 6.45) is 0. The predicted molar refractivity (Wildman–Crippen MR) is 125 cm³/mol. The van der Waals surface area contributed by atoms with Crippen LogP contribution in [0.15, 0.2) is 72.8 Å². The molecular weight excluding hydrogens is 404 g/mol. The van der Waals surface area contributed by atoms with Gasteiger partial charge >= 0.3 is 0 Å². The van der Waals surface area contributed by atoms with Crippen LogP contribution in [-0.4, -0.2) is 45.7 Å². The fourth-order valence-corrected chi connectivity index (χ4v) is 3.77. The summed E-state index contributed by atoms with van der Waals surface area (Å²) < 4.78 is 16.2. The zero-order chi connectivity index (χ0) is 22.9. The number of benzene rings is 3. The van der Waals surface area contributed by atoms with E-state index in [0.717, 1.165) is 16.7 Å². The minimum Gasteiger partial charge on any atom is -0.496 e. The highest BCUT2D eigenvalue weighted by Crippen LogP contribution is 2.34. The average Bonchev–Trinajstić information content (AvgIpc) is 2.83. The molecule has 0 fully saturated rings. The van der Waals surface area contributed by atoms with Crippen molar-refractivity contribution in [1.29, 1.82) is 0 Å². The number of hydrogen-bond acceptors (Lipinski definition) is 5. The Morgan fingerprint density at radius 1 is 0.812 bits per heavy atom. The van der Waals surface area contributed by atoms with Crippen LogP contribution < -0.4 is 19.5 Å². The van der Waals surface area contributed by atoms with Crippen molar-refractivity contribution in [2.24, 2.45) is 0 Å². The molecule has 3 aromatic rings. The normalized spacial score (nSPS) is 10.8. The summed E-state index contributed by atoms with van der Waals surface area (Å²) in [7, 11) is 6.70. The van der Waals surface area contributed by atoms with Crippen LogP contribution >= 0.6 is 0 Å². The topological polar surface area (TPSA) is 60.0 Å². The van der Waals surface area contributed by atoms with Gasteiger partial charge in [0.15, 0.2) is 11.5 Å². The number of likely N-dealkylation sites (N-methyl/N-ethyl adjacent to an activating group) is 1. The second-order valence-corrected chi connectivity index (χ2v) is 7.43. The van der Waals surface area contributed by atoms with Crippen molar-refractivity contribution in [2.75, 3.05) is 34.9 Å². The van der Waals surface area contributed by atoms with Crippen LogP contribution in [0.3, 0.4) is 0 Å². The summed E-state index contributed by atoms with van der Waals surface area (Å²) in [4.78, 5) is 14.9. The third kappa shape index (κ3) is 5.59. The van der Waals surface area contributed by atoms with E-state index < -0.39 is 0 Å². The maximum absolute atomic E-state index is 12.8. The molecule has 6 nitrogen and oxygen atoms in total. The Bertz CT molecular complexity index is 970. The van der Waals surface area contributed by atoms with E-state index in [-0.39, 0.29) is 18.5 Å². The number of hydrogen-bond donors (Lipinski definition) is 1. The molecule has 6 heteroatoms. The molecule has 3 aromatic carbocycles. The number of carbonyl (C=O) groups is 1. The minimum absolute atomic E-state index is 0.0289. The Labute approximate surface area is 189 Å². The maximum atomic E-state index is 12.8. The quantitative estimate of drug-likeness (QED) is 0.522. The van der Waals surface area contributed by atoms with Crippen LogP contribution in [-0.2, 0) is 11.3 Å². The van der Waals surface area contributed by atoms with Gasteiger partial charge in [-0.05, 0) is 24.2 Å². The first-order valence-electron chi connectivity index (χ1n) is 10.4. The second kappa shape index (κ2) is 11.2. The van der Waals surface area contributed by atoms with E-state index in [2.05, 4.69) is 29.6 Å². The van der Waals surface area contributed by atoms with Crippen LogP contribution in [0, 0.1) is 0 Å². The van der Waals surface area contributed by atoms with Gasteiger partial charge in [0.25, 0.3) is 0 Å². The van der Waals surface area contributed by atoms with Crippen LogP contribution in [0.1, 0.15) is 22.7 Å². The van der Waals surface area contributed by atoms with E-state index in [1.54, 1.807) is 27.4 Å². The smallest absolute Gasteiger partial charge is 0.234 e. The van der Waals surface area contributed by atoms with E-state index in [4.69, 9.17) is 14.2 Å². The lowest BCUT2D eigenvalue weighted by Crippen LogP contribution is -2.37. The third-order valence-corrected chi connectivity index (χ3v) is 5.33. The van der Waals surface area contributed by atoms with Crippen molar-refractivity contribution >= 4 is 5.91 Å². The van der Waals surface area contributed by atoms with Gasteiger partial charge < -0.3 is 19.5 Å². The van der Waals surface area contributed by atoms with Crippen molar-refractivity contribution in [2.45, 2.75) is 12.6 Å². The average molecular weight is 435 g/mol. The Hall–Kier alpha value is -3.51. The van der Waals surface area contributed by atoms with Gasteiger partial charge in [0.05, 0.1) is 33.9 Å². The van der Waals surface area contributed by atoms with Crippen molar-refractivity contribution in [3.63, 3.8) is 0 Å². The lowest BCUT2D eigenvalue weighted by atomic mass is 9.97. The van der Waals surface area contributed by atoms with E-state index in [0.29, 0.717) is 23.8 Å². The summed E-state index contributed by atoms with van der Waals surface area (Å²) in [6, 6.07) is 23.9. The number of amides is 1. The highest BCUT2D eigenvalue weighted by molar-refractivity contribution is 5.78. The summed E-state index contributed by atoms with van der Waals surface area (Å²) in [5, 5.41) is 2.99. The molecule has 0 radical (unpaired) electrons. The molecule has 0 aromatic heterocycles. The van der Waals surface area contributed by atoms with Gasteiger partial charge in [-0.3, -0.25) is 9.69 Å².